The summed E-state index contributed by atoms with van der Waals surface area (Å²) in [4.78, 5) is 4.51. The number of aliphatic hydroxyl groups excluding tert-OH is 1. The number of hydrogen-bond donors (Lipinski definition) is 1. The van der Waals surface area contributed by atoms with E-state index in [0.29, 0.717) is 0 Å². The molecule has 2 aromatic rings. The fourth-order valence-electron chi connectivity index (χ4n) is 2.85. The van der Waals surface area contributed by atoms with Crippen LogP contribution >= 0.6 is 0 Å². The third-order valence-electron chi connectivity index (χ3n) is 3.94. The Hall–Kier alpha value is -1.85. The van der Waals surface area contributed by atoms with Crippen molar-refractivity contribution in [1.82, 2.24) is 10.1 Å². The number of aliphatic hydroxyl groups is 1. The summed E-state index contributed by atoms with van der Waals surface area (Å²) in [5.74, 6) is 1.62. The van der Waals surface area contributed by atoms with Crippen LogP contribution in [0.25, 0.3) is 0 Å². The van der Waals surface area contributed by atoms with Gasteiger partial charge in [-0.25, -0.2) is 0 Å². The Balaban J connectivity index is 1.66. The van der Waals surface area contributed by atoms with Gasteiger partial charge in [-0.15, -0.1) is 0 Å². The predicted octanol–water partition coefficient (Wildman–Crippen LogP) is 1.67. The Bertz CT molecular complexity index is 570. The number of aromatic nitrogens is 1. The van der Waals surface area contributed by atoms with Crippen molar-refractivity contribution in [3.05, 3.63) is 47.7 Å². The standard InChI is InChI=1S/C16H21N3O2/c1-13-9-16(17-21-13)19-8-7-18(11-15(19)12-20)10-14-5-3-2-4-6-14/h2-6,9,15,20H,7-8,10-12H2,1H3/t15-/m1/s1. The van der Waals surface area contributed by atoms with Gasteiger partial charge in [-0.3, -0.25) is 4.90 Å². The van der Waals surface area contributed by atoms with Crippen molar-refractivity contribution in [1.29, 1.82) is 0 Å². The lowest BCUT2D eigenvalue weighted by Gasteiger charge is -2.40. The number of piperazine rings is 1. The zero-order chi connectivity index (χ0) is 14.7. The third-order valence-corrected chi connectivity index (χ3v) is 3.94. The summed E-state index contributed by atoms with van der Waals surface area (Å²) in [5, 5.41) is 13.8. The second-order valence-corrected chi connectivity index (χ2v) is 5.55. The third kappa shape index (κ3) is 3.25. The highest BCUT2D eigenvalue weighted by Crippen LogP contribution is 2.21. The van der Waals surface area contributed by atoms with Gasteiger partial charge in [-0.2, -0.15) is 0 Å². The molecule has 1 saturated heterocycles. The van der Waals surface area contributed by atoms with Crippen molar-refractivity contribution >= 4 is 5.82 Å². The highest BCUT2D eigenvalue weighted by molar-refractivity contribution is 5.40. The van der Waals surface area contributed by atoms with Crippen molar-refractivity contribution < 1.29 is 9.63 Å². The molecule has 5 heteroatoms. The lowest BCUT2D eigenvalue weighted by molar-refractivity contribution is 0.163. The molecule has 1 atom stereocenters. The molecule has 0 aliphatic carbocycles. The zero-order valence-corrected chi connectivity index (χ0v) is 12.3. The van der Waals surface area contributed by atoms with E-state index >= 15 is 0 Å². The minimum atomic E-state index is 0.0620. The number of aryl methyl sites for hydroxylation is 1. The summed E-state index contributed by atoms with van der Waals surface area (Å²) in [6, 6.07) is 12.4. The monoisotopic (exact) mass is 287 g/mol. The summed E-state index contributed by atoms with van der Waals surface area (Å²) >= 11 is 0. The first-order valence-corrected chi connectivity index (χ1v) is 7.33. The van der Waals surface area contributed by atoms with E-state index in [0.717, 1.165) is 37.8 Å². The first-order valence-electron chi connectivity index (χ1n) is 7.33. The molecule has 5 nitrogen and oxygen atoms in total. The second kappa shape index (κ2) is 6.28. The highest BCUT2D eigenvalue weighted by Gasteiger charge is 2.28. The van der Waals surface area contributed by atoms with Crippen LogP contribution in [-0.2, 0) is 6.54 Å². The highest BCUT2D eigenvalue weighted by atomic mass is 16.5. The van der Waals surface area contributed by atoms with E-state index in [1.54, 1.807) is 0 Å². The number of nitrogens with zero attached hydrogens (tertiary/aromatic N) is 3. The van der Waals surface area contributed by atoms with E-state index in [9.17, 15) is 5.11 Å². The van der Waals surface area contributed by atoms with Gasteiger partial charge in [-0.1, -0.05) is 35.5 Å². The van der Waals surface area contributed by atoms with Crippen LogP contribution in [0.1, 0.15) is 11.3 Å². The topological polar surface area (TPSA) is 52.7 Å². The van der Waals surface area contributed by atoms with Crippen LogP contribution in [-0.4, -0.2) is 47.4 Å². The molecule has 0 amide bonds. The minimum Gasteiger partial charge on any atom is -0.394 e. The van der Waals surface area contributed by atoms with Gasteiger partial charge in [0, 0.05) is 32.2 Å². The molecule has 1 aliphatic heterocycles. The average molecular weight is 287 g/mol. The maximum absolute atomic E-state index is 9.69. The van der Waals surface area contributed by atoms with E-state index in [-0.39, 0.29) is 12.6 Å². The quantitative estimate of drug-likeness (QED) is 0.927. The Labute approximate surface area is 124 Å². The molecule has 1 fully saturated rings. The Morgan fingerprint density at radius 1 is 1.29 bits per heavy atom. The number of hydrogen-bond acceptors (Lipinski definition) is 5. The molecule has 0 saturated carbocycles. The molecule has 1 aliphatic rings. The molecule has 0 bridgehead atoms. The van der Waals surface area contributed by atoms with Gasteiger partial charge in [0.1, 0.15) is 5.76 Å². The fourth-order valence-corrected chi connectivity index (χ4v) is 2.85. The van der Waals surface area contributed by atoms with Crippen molar-refractivity contribution in [3.63, 3.8) is 0 Å². The predicted molar refractivity (Wildman–Crippen MR) is 81.2 cm³/mol. The molecule has 2 heterocycles. The van der Waals surface area contributed by atoms with Gasteiger partial charge < -0.3 is 14.5 Å². The maximum atomic E-state index is 9.69. The summed E-state index contributed by atoms with van der Waals surface area (Å²) in [6.07, 6.45) is 0. The zero-order valence-electron chi connectivity index (χ0n) is 12.3. The lowest BCUT2D eigenvalue weighted by atomic mass is 10.1. The summed E-state index contributed by atoms with van der Waals surface area (Å²) in [5.41, 5.74) is 1.31. The molecule has 3 rings (SSSR count). The molecule has 21 heavy (non-hydrogen) atoms. The van der Waals surface area contributed by atoms with Gasteiger partial charge in [0.25, 0.3) is 0 Å². The minimum absolute atomic E-state index is 0.0620. The van der Waals surface area contributed by atoms with E-state index in [4.69, 9.17) is 4.52 Å². The summed E-state index contributed by atoms with van der Waals surface area (Å²) in [7, 11) is 0. The first-order chi connectivity index (χ1) is 10.3. The molecule has 1 N–H and O–H groups in total. The summed E-state index contributed by atoms with van der Waals surface area (Å²) in [6.45, 7) is 5.56. The molecule has 0 unspecified atom stereocenters. The van der Waals surface area contributed by atoms with Crippen LogP contribution in [0.4, 0.5) is 5.82 Å². The van der Waals surface area contributed by atoms with Crippen LogP contribution in [0.5, 0.6) is 0 Å². The second-order valence-electron chi connectivity index (χ2n) is 5.55. The molecule has 1 aromatic heterocycles. The van der Waals surface area contributed by atoms with Gasteiger partial charge in [0.15, 0.2) is 5.82 Å². The van der Waals surface area contributed by atoms with Gasteiger partial charge in [0.05, 0.1) is 12.6 Å². The SMILES string of the molecule is Cc1cc(N2CCN(Cc3ccccc3)C[C@@H]2CO)no1. The van der Waals surface area contributed by atoms with Crippen LogP contribution in [0.3, 0.4) is 0 Å². The number of rotatable bonds is 4. The van der Waals surface area contributed by atoms with Gasteiger partial charge in [0.2, 0.25) is 0 Å². The molecule has 0 spiro atoms. The molecular weight excluding hydrogens is 266 g/mol. The normalized spacial score (nSPS) is 19.9. The van der Waals surface area contributed by atoms with E-state index in [1.807, 2.05) is 19.1 Å². The smallest absolute Gasteiger partial charge is 0.172 e. The van der Waals surface area contributed by atoms with Crippen LogP contribution in [0.15, 0.2) is 40.9 Å². The number of benzene rings is 1. The van der Waals surface area contributed by atoms with E-state index in [1.165, 1.54) is 5.56 Å². The van der Waals surface area contributed by atoms with E-state index < -0.39 is 0 Å². The van der Waals surface area contributed by atoms with Crippen molar-refractivity contribution in [3.8, 4) is 0 Å². The Morgan fingerprint density at radius 3 is 2.76 bits per heavy atom. The van der Waals surface area contributed by atoms with E-state index in [2.05, 4.69) is 39.2 Å². The van der Waals surface area contributed by atoms with Crippen LogP contribution in [0, 0.1) is 6.92 Å². The summed E-state index contributed by atoms with van der Waals surface area (Å²) < 4.78 is 5.15. The molecule has 0 radical (unpaired) electrons. The Morgan fingerprint density at radius 2 is 2.10 bits per heavy atom. The van der Waals surface area contributed by atoms with Gasteiger partial charge in [-0.05, 0) is 12.5 Å². The van der Waals surface area contributed by atoms with Crippen molar-refractivity contribution in [2.24, 2.45) is 0 Å². The van der Waals surface area contributed by atoms with Crippen molar-refractivity contribution in [2.45, 2.75) is 19.5 Å². The molecule has 1 aromatic carbocycles. The average Bonchev–Trinajstić information content (AvgIpc) is 2.94. The van der Waals surface area contributed by atoms with Crippen LogP contribution in [0.2, 0.25) is 0 Å². The molecular formula is C16H21N3O2. The maximum Gasteiger partial charge on any atom is 0.172 e. The van der Waals surface area contributed by atoms with Gasteiger partial charge >= 0.3 is 0 Å². The lowest BCUT2D eigenvalue weighted by Crippen LogP contribution is -2.54. The number of anilines is 1. The fraction of sp³-hybridized carbons (Fsp3) is 0.438. The van der Waals surface area contributed by atoms with Crippen molar-refractivity contribution in [2.75, 3.05) is 31.1 Å². The molecule has 112 valence electrons. The largest absolute Gasteiger partial charge is 0.394 e. The first kappa shape index (κ1) is 14.1. The van der Waals surface area contributed by atoms with Crippen LogP contribution < -0.4 is 4.90 Å². The Kier molecular flexibility index (Phi) is 4.22.